The summed E-state index contributed by atoms with van der Waals surface area (Å²) in [6.45, 7) is 0. The van der Waals surface area contributed by atoms with Crippen LogP contribution in [-0.2, 0) is 10.0 Å². The first-order valence-electron chi connectivity index (χ1n) is 6.73. The molecule has 0 amide bonds. The van der Waals surface area contributed by atoms with Gasteiger partial charge in [-0.2, -0.15) is 5.26 Å². The van der Waals surface area contributed by atoms with Gasteiger partial charge in [0.25, 0.3) is 0 Å². The Hall–Kier alpha value is -2.89. The van der Waals surface area contributed by atoms with Crippen molar-refractivity contribution in [1.82, 2.24) is 4.31 Å². The molecule has 0 heterocycles. The molecule has 2 aromatic carbocycles. The van der Waals surface area contributed by atoms with Crippen molar-refractivity contribution >= 4 is 16.0 Å². The first kappa shape index (κ1) is 17.5. The molecule has 2 rings (SSSR count). The number of benzene rings is 2. The zero-order valence-electron chi connectivity index (χ0n) is 12.9. The predicted molar refractivity (Wildman–Crippen MR) is 85.5 cm³/mol. The fourth-order valence-corrected chi connectivity index (χ4v) is 2.79. The Balaban J connectivity index is 2.44. The van der Waals surface area contributed by atoms with Gasteiger partial charge >= 0.3 is 5.97 Å². The van der Waals surface area contributed by atoms with Crippen molar-refractivity contribution in [2.45, 2.75) is 4.90 Å². The minimum absolute atomic E-state index is 0.00455. The van der Waals surface area contributed by atoms with Crippen molar-refractivity contribution in [3.8, 4) is 17.6 Å². The summed E-state index contributed by atoms with van der Waals surface area (Å²) < 4.78 is 30.7. The van der Waals surface area contributed by atoms with Crippen LogP contribution in [0.2, 0.25) is 0 Å². The molecule has 0 aliphatic heterocycles. The summed E-state index contributed by atoms with van der Waals surface area (Å²) in [6, 6.07) is 11.7. The average Bonchev–Trinajstić information content (AvgIpc) is 2.55. The summed E-state index contributed by atoms with van der Waals surface area (Å²) in [4.78, 5) is 11.3. The molecule has 0 saturated carbocycles. The van der Waals surface area contributed by atoms with Crippen LogP contribution >= 0.6 is 0 Å². The monoisotopic (exact) mass is 346 g/mol. The van der Waals surface area contributed by atoms with Gasteiger partial charge in [-0.25, -0.2) is 17.5 Å². The molecule has 0 aliphatic rings. The van der Waals surface area contributed by atoms with Crippen molar-refractivity contribution in [1.29, 1.82) is 5.26 Å². The van der Waals surface area contributed by atoms with Crippen LogP contribution in [0.25, 0.3) is 0 Å². The highest BCUT2D eigenvalue weighted by Gasteiger charge is 2.21. The summed E-state index contributed by atoms with van der Waals surface area (Å²) in [5.74, 6) is -0.973. The first-order valence-corrected chi connectivity index (χ1v) is 8.17. The molecule has 2 aromatic rings. The fraction of sp³-hybridized carbons (Fsp3) is 0.125. The molecular weight excluding hydrogens is 332 g/mol. The van der Waals surface area contributed by atoms with E-state index in [1.807, 2.05) is 6.07 Å². The topological polar surface area (TPSA) is 108 Å². The van der Waals surface area contributed by atoms with Crippen molar-refractivity contribution in [2.75, 3.05) is 14.1 Å². The maximum atomic E-state index is 12.1. The number of sulfonamides is 1. The standard InChI is InChI=1S/C16H14N2O5S/c1-18(2)24(21,22)13-7-8-15(14(9-13)16(19)20)23-12-5-3-11(10-17)4-6-12/h3-9H,1-2H3,(H,19,20). The molecule has 1 N–H and O–H groups in total. The van der Waals surface area contributed by atoms with Gasteiger partial charge in [0.1, 0.15) is 17.1 Å². The van der Waals surface area contributed by atoms with Crippen molar-refractivity contribution in [2.24, 2.45) is 0 Å². The highest BCUT2D eigenvalue weighted by atomic mass is 32.2. The molecule has 0 fully saturated rings. The maximum Gasteiger partial charge on any atom is 0.339 e. The van der Waals surface area contributed by atoms with E-state index in [0.29, 0.717) is 11.3 Å². The normalized spacial score (nSPS) is 11.1. The molecule has 0 atom stereocenters. The van der Waals surface area contributed by atoms with Crippen LogP contribution in [0.4, 0.5) is 0 Å². The van der Waals surface area contributed by atoms with Crippen LogP contribution in [-0.4, -0.2) is 37.9 Å². The molecule has 0 bridgehead atoms. The number of hydrogen-bond acceptors (Lipinski definition) is 5. The number of rotatable bonds is 5. The Morgan fingerprint density at radius 3 is 2.29 bits per heavy atom. The number of carboxylic acid groups (broad SMARTS) is 1. The van der Waals surface area contributed by atoms with Crippen LogP contribution in [0.15, 0.2) is 47.4 Å². The van der Waals surface area contributed by atoms with Gasteiger partial charge in [-0.1, -0.05) is 0 Å². The van der Waals surface area contributed by atoms with E-state index in [0.717, 1.165) is 10.4 Å². The van der Waals surface area contributed by atoms with Gasteiger partial charge in [0.2, 0.25) is 10.0 Å². The summed E-state index contributed by atoms with van der Waals surface area (Å²) >= 11 is 0. The van der Waals surface area contributed by atoms with Crippen LogP contribution < -0.4 is 4.74 Å². The number of aromatic carboxylic acids is 1. The van der Waals surface area contributed by atoms with Gasteiger partial charge in [-0.15, -0.1) is 0 Å². The average molecular weight is 346 g/mol. The number of carbonyl (C=O) groups is 1. The summed E-state index contributed by atoms with van der Waals surface area (Å²) in [5, 5.41) is 18.1. The van der Waals surface area contributed by atoms with Gasteiger partial charge in [0.15, 0.2) is 0 Å². The lowest BCUT2D eigenvalue weighted by molar-refractivity contribution is 0.0694. The van der Waals surface area contributed by atoms with Gasteiger partial charge in [0.05, 0.1) is 16.5 Å². The van der Waals surface area contributed by atoms with E-state index in [1.54, 1.807) is 0 Å². The van der Waals surface area contributed by atoms with Crippen molar-refractivity contribution in [3.05, 3.63) is 53.6 Å². The lowest BCUT2D eigenvalue weighted by Crippen LogP contribution is -2.22. The lowest BCUT2D eigenvalue weighted by atomic mass is 10.2. The molecule has 0 aliphatic carbocycles. The van der Waals surface area contributed by atoms with E-state index in [-0.39, 0.29) is 16.2 Å². The minimum Gasteiger partial charge on any atom is -0.478 e. The van der Waals surface area contributed by atoms with Gasteiger partial charge in [-0.05, 0) is 42.5 Å². The summed E-state index contributed by atoms with van der Waals surface area (Å²) in [7, 11) is -1.04. The first-order chi connectivity index (χ1) is 11.3. The number of hydrogen-bond donors (Lipinski definition) is 1. The Morgan fingerprint density at radius 1 is 1.17 bits per heavy atom. The molecule has 0 aromatic heterocycles. The fourth-order valence-electron chi connectivity index (χ4n) is 1.86. The van der Waals surface area contributed by atoms with Gasteiger partial charge in [-0.3, -0.25) is 0 Å². The maximum absolute atomic E-state index is 12.1. The lowest BCUT2D eigenvalue weighted by Gasteiger charge is -2.14. The number of nitriles is 1. The summed E-state index contributed by atoms with van der Waals surface area (Å²) in [5.41, 5.74) is 0.163. The SMILES string of the molecule is CN(C)S(=O)(=O)c1ccc(Oc2ccc(C#N)cc2)c(C(=O)O)c1. The van der Waals surface area contributed by atoms with Crippen molar-refractivity contribution < 1.29 is 23.1 Å². The second kappa shape index (κ2) is 6.70. The Labute approximate surface area is 139 Å². The van der Waals surface area contributed by atoms with Gasteiger partial charge in [0, 0.05) is 14.1 Å². The van der Waals surface area contributed by atoms with E-state index < -0.39 is 16.0 Å². The van der Waals surface area contributed by atoms with Crippen molar-refractivity contribution in [3.63, 3.8) is 0 Å². The largest absolute Gasteiger partial charge is 0.478 e. The molecule has 0 spiro atoms. The minimum atomic E-state index is -3.75. The third-order valence-electron chi connectivity index (χ3n) is 3.17. The molecule has 0 radical (unpaired) electrons. The molecule has 0 saturated heterocycles. The number of ether oxygens (including phenoxy) is 1. The predicted octanol–water partition coefficient (Wildman–Crippen LogP) is 2.30. The third-order valence-corrected chi connectivity index (χ3v) is 4.98. The number of carboxylic acids is 1. The Morgan fingerprint density at radius 2 is 1.79 bits per heavy atom. The zero-order chi connectivity index (χ0) is 17.9. The van der Waals surface area contributed by atoms with E-state index in [4.69, 9.17) is 10.00 Å². The van der Waals surface area contributed by atoms with Crippen LogP contribution in [0.5, 0.6) is 11.5 Å². The molecule has 8 heteroatoms. The third kappa shape index (κ3) is 3.53. The van der Waals surface area contributed by atoms with Crippen LogP contribution in [0.3, 0.4) is 0 Å². The quantitative estimate of drug-likeness (QED) is 0.890. The molecule has 0 unspecified atom stereocenters. The number of nitrogens with zero attached hydrogens (tertiary/aromatic N) is 2. The van der Waals surface area contributed by atoms with E-state index in [2.05, 4.69) is 0 Å². The molecule has 24 heavy (non-hydrogen) atoms. The van der Waals surface area contributed by atoms with E-state index in [9.17, 15) is 18.3 Å². The summed E-state index contributed by atoms with van der Waals surface area (Å²) in [6.07, 6.45) is 0. The zero-order valence-corrected chi connectivity index (χ0v) is 13.7. The molecular formula is C16H14N2O5S. The highest BCUT2D eigenvalue weighted by molar-refractivity contribution is 7.89. The Kier molecular flexibility index (Phi) is 4.87. The van der Waals surface area contributed by atoms with E-state index in [1.165, 1.54) is 50.5 Å². The van der Waals surface area contributed by atoms with Crippen LogP contribution in [0, 0.1) is 11.3 Å². The van der Waals surface area contributed by atoms with Crippen LogP contribution in [0.1, 0.15) is 15.9 Å². The van der Waals surface area contributed by atoms with E-state index >= 15 is 0 Å². The molecule has 124 valence electrons. The Bertz CT molecular complexity index is 912. The second-order valence-corrected chi connectivity index (χ2v) is 7.14. The second-order valence-electron chi connectivity index (χ2n) is 4.99. The van der Waals surface area contributed by atoms with Gasteiger partial charge < -0.3 is 9.84 Å². The highest BCUT2D eigenvalue weighted by Crippen LogP contribution is 2.28. The smallest absolute Gasteiger partial charge is 0.339 e. The molecule has 7 nitrogen and oxygen atoms in total.